The van der Waals surface area contributed by atoms with Gasteiger partial charge in [-0.25, -0.2) is 4.98 Å². The van der Waals surface area contributed by atoms with Crippen LogP contribution in [0.1, 0.15) is 75.9 Å². The maximum absolute atomic E-state index is 14.3. The number of carbonyl (C=O) groups is 2. The highest BCUT2D eigenvalue weighted by molar-refractivity contribution is 7.13. The second kappa shape index (κ2) is 19.1. The van der Waals surface area contributed by atoms with E-state index in [4.69, 9.17) is 9.26 Å². The molecule has 3 saturated heterocycles. The summed E-state index contributed by atoms with van der Waals surface area (Å²) in [5, 5.41) is 40.8. The van der Waals surface area contributed by atoms with E-state index in [2.05, 4.69) is 52.6 Å². The van der Waals surface area contributed by atoms with Gasteiger partial charge >= 0.3 is 0 Å². The number of carbonyl (C=O) groups excluding carboxylic acids is 2. The van der Waals surface area contributed by atoms with Crippen molar-refractivity contribution in [2.45, 2.75) is 96.1 Å². The predicted molar refractivity (Wildman–Crippen MR) is 249 cm³/mol. The number of amides is 2. The Labute approximate surface area is 384 Å². The number of nitrogens with zero attached hydrogens (tertiary/aromatic N) is 8. The molecule has 4 aliphatic rings. The number of hydrogen-bond donors (Lipinski definition) is 4. The Morgan fingerprint density at radius 3 is 2.58 bits per heavy atom. The molecule has 3 aromatic heterocycles. The van der Waals surface area contributed by atoms with E-state index >= 15 is 0 Å². The molecule has 3 fully saturated rings. The van der Waals surface area contributed by atoms with Crippen LogP contribution in [0, 0.1) is 12.8 Å². The van der Waals surface area contributed by atoms with Gasteiger partial charge in [-0.2, -0.15) is 0 Å². The minimum atomic E-state index is -0.822. The number of likely N-dealkylation sites (tertiary alicyclic amines) is 2. The Morgan fingerprint density at radius 1 is 1.02 bits per heavy atom. The molecule has 65 heavy (non-hydrogen) atoms. The van der Waals surface area contributed by atoms with Gasteiger partial charge in [0.2, 0.25) is 11.8 Å². The third-order valence-corrected chi connectivity index (χ3v) is 14.8. The van der Waals surface area contributed by atoms with Gasteiger partial charge in [-0.3, -0.25) is 19.4 Å². The molecule has 16 nitrogen and oxygen atoms in total. The number of nitrogens with one attached hydrogen (secondary N) is 2. The van der Waals surface area contributed by atoms with Crippen molar-refractivity contribution >= 4 is 34.7 Å². The third kappa shape index (κ3) is 9.42. The van der Waals surface area contributed by atoms with Gasteiger partial charge in [-0.1, -0.05) is 50.2 Å². The zero-order valence-corrected chi connectivity index (χ0v) is 38.6. The Morgan fingerprint density at radius 2 is 1.83 bits per heavy atom. The number of ether oxygens (including phenoxy) is 1. The number of aliphatic hydroxyl groups excluding tert-OH is 1. The lowest BCUT2D eigenvalue weighted by Gasteiger charge is -2.50. The predicted octanol–water partition coefficient (Wildman–Crippen LogP) is 5.70. The van der Waals surface area contributed by atoms with Crippen molar-refractivity contribution in [1.82, 2.24) is 40.4 Å². The molecular formula is C48H60N10O6S. The van der Waals surface area contributed by atoms with E-state index in [1.54, 1.807) is 29.5 Å². The summed E-state index contributed by atoms with van der Waals surface area (Å²) in [6, 6.07) is 19.1. The summed E-state index contributed by atoms with van der Waals surface area (Å²) in [6.07, 6.45) is 1.47. The van der Waals surface area contributed by atoms with E-state index in [1.807, 2.05) is 75.7 Å². The topological polar surface area (TPSA) is 186 Å². The lowest BCUT2D eigenvalue weighted by atomic mass is 9.91. The van der Waals surface area contributed by atoms with Gasteiger partial charge in [0.25, 0.3) is 5.88 Å². The van der Waals surface area contributed by atoms with Gasteiger partial charge in [0.15, 0.2) is 11.6 Å². The molecule has 2 aromatic carbocycles. The number of piperazine rings is 1. The molecule has 2 amide bonds. The van der Waals surface area contributed by atoms with Crippen LogP contribution in [0.5, 0.6) is 11.6 Å². The first kappa shape index (κ1) is 44.6. The van der Waals surface area contributed by atoms with Crippen LogP contribution >= 0.6 is 11.3 Å². The summed E-state index contributed by atoms with van der Waals surface area (Å²) in [6.45, 7) is 15.9. The van der Waals surface area contributed by atoms with Crippen molar-refractivity contribution in [3.05, 3.63) is 83.2 Å². The van der Waals surface area contributed by atoms with Crippen LogP contribution in [0.4, 0.5) is 11.5 Å². The fourth-order valence-corrected chi connectivity index (χ4v) is 11.0. The SMILES string of the molecule is Cc1ncsc1-c1ccc([C@H](C)NC(=O)[C@@H]2C[C@@H](O)CN2C(=O)[C@@H](c2cc(OCCN3CC[C@@H](N4CCN5c6cc(-c7ccccc7O)nnc6NC[C@@H]5C4)C[C@@H]3C)no2)C(C)C)cc1. The Hall–Kier alpha value is -5.62. The zero-order valence-electron chi connectivity index (χ0n) is 37.8. The molecule has 0 radical (unpaired) electrons. The monoisotopic (exact) mass is 904 g/mol. The number of benzene rings is 2. The number of aromatic nitrogens is 4. The van der Waals surface area contributed by atoms with Crippen LogP contribution in [-0.4, -0.2) is 140 Å². The third-order valence-electron chi connectivity index (χ3n) is 13.8. The smallest absolute Gasteiger partial charge is 0.254 e. The fraction of sp³-hybridized carbons (Fsp3) is 0.500. The van der Waals surface area contributed by atoms with Gasteiger partial charge in [0.05, 0.1) is 45.7 Å². The quantitative estimate of drug-likeness (QED) is 0.113. The first-order valence-corrected chi connectivity index (χ1v) is 23.8. The highest BCUT2D eigenvalue weighted by Gasteiger charge is 2.44. The number of rotatable bonds is 13. The van der Waals surface area contributed by atoms with Crippen LogP contribution in [-0.2, 0) is 9.59 Å². The molecule has 9 rings (SSSR count). The minimum absolute atomic E-state index is 0.0602. The summed E-state index contributed by atoms with van der Waals surface area (Å²) < 4.78 is 11.9. The summed E-state index contributed by atoms with van der Waals surface area (Å²) in [4.78, 5) is 42.5. The maximum Gasteiger partial charge on any atom is 0.254 e. The average Bonchev–Trinajstić information content (AvgIpc) is 4.06. The van der Waals surface area contributed by atoms with E-state index in [-0.39, 0.29) is 42.5 Å². The molecule has 5 aromatic rings. The summed E-state index contributed by atoms with van der Waals surface area (Å²) in [5.41, 5.74) is 7.21. The van der Waals surface area contributed by atoms with Gasteiger partial charge in [-0.15, -0.1) is 21.5 Å². The Kier molecular flexibility index (Phi) is 13.1. The van der Waals surface area contributed by atoms with Gasteiger partial charge < -0.3 is 39.9 Å². The van der Waals surface area contributed by atoms with Gasteiger partial charge in [0, 0.05) is 75.9 Å². The van der Waals surface area contributed by atoms with E-state index in [0.717, 1.165) is 85.3 Å². The maximum atomic E-state index is 14.3. The lowest BCUT2D eigenvalue weighted by molar-refractivity contribution is -0.141. The van der Waals surface area contributed by atoms with Crippen molar-refractivity contribution in [1.29, 1.82) is 0 Å². The Balaban J connectivity index is 0.754. The molecule has 17 heteroatoms. The molecule has 0 bridgehead atoms. The summed E-state index contributed by atoms with van der Waals surface area (Å²) >= 11 is 1.59. The van der Waals surface area contributed by atoms with Crippen LogP contribution < -0.4 is 20.3 Å². The number of fused-ring (bicyclic) bond motifs is 3. The number of anilines is 2. The number of β-amino-alcohol motifs (C(OH)–C–C–N with tert-alkyl or cyclic N) is 1. The number of phenolic OH excluding ortho intramolecular Hbond substituents is 1. The van der Waals surface area contributed by atoms with Crippen LogP contribution in [0.3, 0.4) is 0 Å². The number of aryl methyl sites for hydroxylation is 1. The van der Waals surface area contributed by atoms with Crippen molar-refractivity contribution in [2.75, 3.05) is 62.6 Å². The molecule has 344 valence electrons. The van der Waals surface area contributed by atoms with Crippen molar-refractivity contribution in [3.63, 3.8) is 0 Å². The molecule has 4 N–H and O–H groups in total. The molecule has 0 unspecified atom stereocenters. The average molecular weight is 905 g/mol. The van der Waals surface area contributed by atoms with Crippen LogP contribution in [0.2, 0.25) is 0 Å². The number of hydrogen-bond acceptors (Lipinski definition) is 15. The standard InChI is InChI=1S/C48H60N10O6S/c1-28(2)44(48(62)58-26-36(59)21-40(58)47(61)51-30(4)32-10-12-33(13-11-32)45-31(5)50-27-65-45)42-23-43(54-64-42)63-19-18-55-15-14-34(20-29(55)3)56-16-17-57-35(25-56)24-49-46-39(57)22-38(52-53-46)37-8-6-7-9-41(37)60/h6-13,22-23,27-30,34-36,40,44,59-60H,14-21,24-26H2,1-5H3,(H,49,53)(H,51,61)/t29-,30-,34+,35+,36+,40-,44+/m0/s1. The number of thiazole rings is 1. The molecule has 0 saturated carbocycles. The highest BCUT2D eigenvalue weighted by Crippen LogP contribution is 2.38. The summed E-state index contributed by atoms with van der Waals surface area (Å²) in [7, 11) is 0. The van der Waals surface area contributed by atoms with Crippen molar-refractivity contribution in [2.24, 2.45) is 5.92 Å². The second-order valence-corrected chi connectivity index (χ2v) is 19.3. The largest absolute Gasteiger partial charge is 0.507 e. The van der Waals surface area contributed by atoms with Crippen molar-refractivity contribution < 1.29 is 29.1 Å². The number of aliphatic hydroxyl groups is 1. The molecule has 0 spiro atoms. The molecular weight excluding hydrogens is 845 g/mol. The van der Waals surface area contributed by atoms with E-state index < -0.39 is 18.1 Å². The molecule has 7 heterocycles. The van der Waals surface area contributed by atoms with E-state index in [9.17, 15) is 19.8 Å². The fourth-order valence-electron chi connectivity index (χ4n) is 10.2. The lowest BCUT2D eigenvalue weighted by Crippen LogP contribution is -2.61. The number of para-hydroxylation sites is 1. The first-order chi connectivity index (χ1) is 31.4. The van der Waals surface area contributed by atoms with Crippen LogP contribution in [0.25, 0.3) is 21.7 Å². The van der Waals surface area contributed by atoms with Crippen molar-refractivity contribution in [3.8, 4) is 33.3 Å². The normalized spacial score (nSPS) is 23.4. The number of phenols is 1. The molecule has 0 aliphatic carbocycles. The van der Waals surface area contributed by atoms with Gasteiger partial charge in [0.1, 0.15) is 24.3 Å². The summed E-state index contributed by atoms with van der Waals surface area (Å²) in [5.74, 6) is 0.206. The van der Waals surface area contributed by atoms with Gasteiger partial charge in [-0.05, 0) is 74.0 Å². The molecule has 7 atom stereocenters. The first-order valence-electron chi connectivity index (χ1n) is 22.9. The number of aromatic hydroxyl groups is 1. The van der Waals surface area contributed by atoms with E-state index in [1.165, 1.54) is 4.90 Å². The Bertz CT molecular complexity index is 2460. The highest BCUT2D eigenvalue weighted by atomic mass is 32.1. The second-order valence-electron chi connectivity index (χ2n) is 18.4. The molecule has 4 aliphatic heterocycles. The zero-order chi connectivity index (χ0) is 45.4. The number of piperidine rings is 1. The van der Waals surface area contributed by atoms with Crippen LogP contribution in [0.15, 0.2) is 70.7 Å². The minimum Gasteiger partial charge on any atom is -0.507 e. The van der Waals surface area contributed by atoms with E-state index in [0.29, 0.717) is 47.6 Å².